The zero-order valence-electron chi connectivity index (χ0n) is 9.20. The summed E-state index contributed by atoms with van der Waals surface area (Å²) in [6, 6.07) is 0. The van der Waals surface area contributed by atoms with Crippen molar-refractivity contribution in [2.24, 2.45) is 0 Å². The second-order valence-electron chi connectivity index (χ2n) is 3.04. The highest BCUT2D eigenvalue weighted by atomic mass is 35.5. The fraction of sp³-hybridized carbons (Fsp3) is 0.500. The van der Waals surface area contributed by atoms with Gasteiger partial charge in [0.1, 0.15) is 0 Å². The Bertz CT molecular complexity index is 374. The van der Waals surface area contributed by atoms with Crippen LogP contribution in [-0.4, -0.2) is 28.8 Å². The lowest BCUT2D eigenvalue weighted by Gasteiger charge is -2.05. The minimum atomic E-state index is -0.490. The molecule has 0 aliphatic rings. The van der Waals surface area contributed by atoms with Crippen LogP contribution in [0.2, 0.25) is 5.02 Å². The molecule has 0 radical (unpaired) electrons. The Hall–Kier alpha value is -0.810. The van der Waals surface area contributed by atoms with Crippen LogP contribution in [0.5, 0.6) is 0 Å². The molecule has 0 N–H and O–H groups in total. The zero-order chi connectivity index (χ0) is 12.0. The van der Waals surface area contributed by atoms with Gasteiger partial charge in [-0.25, -0.2) is 14.8 Å². The van der Waals surface area contributed by atoms with E-state index in [0.717, 1.165) is 12.8 Å². The summed E-state index contributed by atoms with van der Waals surface area (Å²) in [7, 11) is 0. The van der Waals surface area contributed by atoms with Crippen LogP contribution >= 0.6 is 23.4 Å². The zero-order valence-corrected chi connectivity index (χ0v) is 10.8. The lowest BCUT2D eigenvalue weighted by molar-refractivity contribution is 0.0492. The highest BCUT2D eigenvalue weighted by Crippen LogP contribution is 2.17. The van der Waals surface area contributed by atoms with E-state index < -0.39 is 5.97 Å². The van der Waals surface area contributed by atoms with Gasteiger partial charge >= 0.3 is 5.97 Å². The van der Waals surface area contributed by atoms with Crippen LogP contribution < -0.4 is 0 Å². The minimum absolute atomic E-state index is 0.136. The van der Waals surface area contributed by atoms with E-state index in [9.17, 15) is 4.79 Å². The second-order valence-corrected chi connectivity index (χ2v) is 4.22. The topological polar surface area (TPSA) is 52.1 Å². The molecular formula is C10H13ClN2O2S. The Kier molecular flexibility index (Phi) is 5.55. The molecule has 1 aromatic heterocycles. The third kappa shape index (κ3) is 3.64. The van der Waals surface area contributed by atoms with Crippen molar-refractivity contribution in [2.45, 2.75) is 24.9 Å². The van der Waals surface area contributed by atoms with Crippen LogP contribution in [0, 0.1) is 0 Å². The molecule has 1 heterocycles. The molecule has 88 valence electrons. The van der Waals surface area contributed by atoms with Gasteiger partial charge in [0.15, 0.2) is 10.9 Å². The van der Waals surface area contributed by atoms with E-state index in [4.69, 9.17) is 16.3 Å². The first-order valence-corrected chi connectivity index (χ1v) is 6.53. The number of aromatic nitrogens is 2. The minimum Gasteiger partial charge on any atom is -0.461 e. The summed E-state index contributed by atoms with van der Waals surface area (Å²) >= 11 is 7.17. The normalized spacial score (nSPS) is 10.2. The third-order valence-corrected chi connectivity index (χ3v) is 2.67. The molecule has 0 bridgehead atoms. The van der Waals surface area contributed by atoms with Gasteiger partial charge in [-0.3, -0.25) is 0 Å². The maximum atomic E-state index is 11.6. The molecule has 1 rings (SSSR count). The summed E-state index contributed by atoms with van der Waals surface area (Å²) in [4.78, 5) is 19.6. The van der Waals surface area contributed by atoms with Crippen molar-refractivity contribution >= 4 is 29.3 Å². The molecule has 0 amide bonds. The van der Waals surface area contributed by atoms with Gasteiger partial charge in [0, 0.05) is 0 Å². The molecule has 0 saturated heterocycles. The summed E-state index contributed by atoms with van der Waals surface area (Å²) in [5.74, 6) is -0.490. The van der Waals surface area contributed by atoms with Gasteiger partial charge in [-0.1, -0.05) is 36.7 Å². The lowest BCUT2D eigenvalue weighted by Crippen LogP contribution is -2.10. The van der Waals surface area contributed by atoms with Crippen molar-refractivity contribution in [3.63, 3.8) is 0 Å². The Morgan fingerprint density at radius 3 is 3.00 bits per heavy atom. The summed E-state index contributed by atoms with van der Waals surface area (Å²) in [6.45, 7) is 2.42. The maximum absolute atomic E-state index is 11.6. The molecule has 0 unspecified atom stereocenters. The van der Waals surface area contributed by atoms with E-state index in [1.54, 1.807) is 0 Å². The molecule has 0 fully saturated rings. The molecule has 4 nitrogen and oxygen atoms in total. The predicted octanol–water partition coefficient (Wildman–Crippen LogP) is 2.81. The monoisotopic (exact) mass is 260 g/mol. The van der Waals surface area contributed by atoms with Gasteiger partial charge in [0.25, 0.3) is 0 Å². The number of carbonyl (C=O) groups excluding carboxylic acids is 1. The highest BCUT2D eigenvalue weighted by molar-refractivity contribution is 7.98. The number of hydrogen-bond donors (Lipinski definition) is 0. The van der Waals surface area contributed by atoms with E-state index in [1.807, 2.05) is 13.2 Å². The maximum Gasteiger partial charge on any atom is 0.358 e. The molecule has 0 aliphatic heterocycles. The molecule has 1 aromatic rings. The van der Waals surface area contributed by atoms with Crippen LogP contribution in [0.4, 0.5) is 0 Å². The summed E-state index contributed by atoms with van der Waals surface area (Å²) < 4.78 is 5.03. The number of carbonyl (C=O) groups is 1. The van der Waals surface area contributed by atoms with E-state index >= 15 is 0 Å². The Morgan fingerprint density at radius 2 is 2.38 bits per heavy atom. The van der Waals surface area contributed by atoms with Crippen LogP contribution in [0.3, 0.4) is 0 Å². The Morgan fingerprint density at radius 1 is 1.62 bits per heavy atom. The smallest absolute Gasteiger partial charge is 0.358 e. The van der Waals surface area contributed by atoms with Gasteiger partial charge < -0.3 is 4.74 Å². The first-order chi connectivity index (χ1) is 7.69. The number of esters is 1. The van der Waals surface area contributed by atoms with Crippen molar-refractivity contribution in [2.75, 3.05) is 12.9 Å². The van der Waals surface area contributed by atoms with Gasteiger partial charge in [0.2, 0.25) is 0 Å². The number of rotatable bonds is 5. The van der Waals surface area contributed by atoms with Crippen LogP contribution in [0.25, 0.3) is 0 Å². The Balaban J connectivity index is 2.73. The van der Waals surface area contributed by atoms with E-state index in [1.165, 1.54) is 18.0 Å². The molecule has 0 saturated carbocycles. The van der Waals surface area contributed by atoms with Crippen molar-refractivity contribution in [1.82, 2.24) is 9.97 Å². The molecular weight excluding hydrogens is 248 g/mol. The van der Waals surface area contributed by atoms with Crippen molar-refractivity contribution in [3.05, 3.63) is 16.9 Å². The second kappa shape index (κ2) is 6.70. The molecule has 0 aliphatic carbocycles. The van der Waals surface area contributed by atoms with Crippen LogP contribution in [-0.2, 0) is 4.74 Å². The van der Waals surface area contributed by atoms with Crippen LogP contribution in [0.15, 0.2) is 11.4 Å². The molecule has 0 aromatic carbocycles. The quantitative estimate of drug-likeness (QED) is 0.353. The molecule has 0 spiro atoms. The molecule has 16 heavy (non-hydrogen) atoms. The fourth-order valence-corrected chi connectivity index (χ4v) is 1.48. The van der Waals surface area contributed by atoms with Crippen molar-refractivity contribution in [1.29, 1.82) is 0 Å². The van der Waals surface area contributed by atoms with Gasteiger partial charge in [-0.15, -0.1) is 0 Å². The number of unbranched alkanes of at least 4 members (excludes halogenated alkanes) is 1. The third-order valence-electron chi connectivity index (χ3n) is 1.83. The summed E-state index contributed by atoms with van der Waals surface area (Å²) in [5, 5.41) is 0.728. The van der Waals surface area contributed by atoms with E-state index in [-0.39, 0.29) is 10.7 Å². The summed E-state index contributed by atoms with van der Waals surface area (Å²) in [6.07, 6.45) is 5.05. The first-order valence-electron chi connectivity index (χ1n) is 4.92. The number of hydrogen-bond acceptors (Lipinski definition) is 5. The number of halogens is 1. The predicted molar refractivity (Wildman–Crippen MR) is 64.0 cm³/mol. The average molecular weight is 261 g/mol. The fourth-order valence-electron chi connectivity index (χ4n) is 0.970. The lowest BCUT2D eigenvalue weighted by atomic mass is 10.3. The number of thioether (sulfide) groups is 1. The van der Waals surface area contributed by atoms with Gasteiger partial charge in [-0.05, 0) is 12.7 Å². The van der Waals surface area contributed by atoms with Crippen molar-refractivity contribution in [3.8, 4) is 0 Å². The van der Waals surface area contributed by atoms with Crippen LogP contribution in [0.1, 0.15) is 30.3 Å². The standard InChI is InChI=1S/C10H13ClN2O2S/c1-3-4-5-15-9(14)8-7(11)6-12-10(13-8)16-2/h6H,3-5H2,1-2H3. The van der Waals surface area contributed by atoms with Gasteiger partial charge in [-0.2, -0.15) is 0 Å². The average Bonchev–Trinajstić information content (AvgIpc) is 2.30. The number of ether oxygens (including phenoxy) is 1. The number of nitrogens with zero attached hydrogens (tertiary/aromatic N) is 2. The largest absolute Gasteiger partial charge is 0.461 e. The van der Waals surface area contributed by atoms with E-state index in [0.29, 0.717) is 11.8 Å². The first kappa shape index (κ1) is 13.3. The molecule has 0 atom stereocenters. The van der Waals surface area contributed by atoms with Gasteiger partial charge in [0.05, 0.1) is 17.8 Å². The Labute approximate surface area is 104 Å². The van der Waals surface area contributed by atoms with E-state index in [2.05, 4.69) is 9.97 Å². The van der Waals surface area contributed by atoms with Crippen molar-refractivity contribution < 1.29 is 9.53 Å². The highest BCUT2D eigenvalue weighted by Gasteiger charge is 2.15. The molecule has 6 heteroatoms. The summed E-state index contributed by atoms with van der Waals surface area (Å²) in [5.41, 5.74) is 0.136. The SMILES string of the molecule is CCCCOC(=O)c1nc(SC)ncc1Cl.